The summed E-state index contributed by atoms with van der Waals surface area (Å²) in [6.07, 6.45) is 0.774. The number of likely N-dealkylation sites (N-methyl/N-ethyl adjacent to an activating group) is 1. The van der Waals surface area contributed by atoms with Crippen LogP contribution in [0.5, 0.6) is 11.5 Å². The average Bonchev–Trinajstić information content (AvgIpc) is 2.98. The van der Waals surface area contributed by atoms with E-state index in [2.05, 4.69) is 4.98 Å². The molecule has 0 radical (unpaired) electrons. The van der Waals surface area contributed by atoms with Crippen LogP contribution in [-0.4, -0.2) is 55.3 Å². The van der Waals surface area contributed by atoms with Crippen molar-refractivity contribution >= 4 is 11.6 Å². The Morgan fingerprint density at radius 1 is 1.14 bits per heavy atom. The molecule has 0 amide bonds. The van der Waals surface area contributed by atoms with Crippen LogP contribution in [0, 0.1) is 13.8 Å². The van der Waals surface area contributed by atoms with E-state index in [1.54, 1.807) is 14.2 Å². The second-order valence-corrected chi connectivity index (χ2v) is 7.14. The van der Waals surface area contributed by atoms with Crippen LogP contribution in [0.4, 0.5) is 0 Å². The van der Waals surface area contributed by atoms with E-state index in [0.717, 1.165) is 23.2 Å². The first-order valence-electron chi connectivity index (χ1n) is 9.36. The van der Waals surface area contributed by atoms with Gasteiger partial charge in [0, 0.05) is 17.8 Å². The van der Waals surface area contributed by atoms with Gasteiger partial charge in [-0.1, -0.05) is 6.07 Å². The molecular formula is C22H30N2O4. The van der Waals surface area contributed by atoms with Crippen molar-refractivity contribution in [2.45, 2.75) is 40.2 Å². The monoisotopic (exact) mass is 386 g/mol. The van der Waals surface area contributed by atoms with Crippen molar-refractivity contribution in [3.05, 3.63) is 46.3 Å². The zero-order valence-electron chi connectivity index (χ0n) is 17.8. The number of aromatic amines is 1. The molecule has 1 heterocycles. The van der Waals surface area contributed by atoms with E-state index in [1.165, 1.54) is 6.92 Å². The highest BCUT2D eigenvalue weighted by Crippen LogP contribution is 2.28. The van der Waals surface area contributed by atoms with E-state index in [0.29, 0.717) is 29.3 Å². The average molecular weight is 386 g/mol. The molecule has 6 heteroatoms. The predicted octanol–water partition coefficient (Wildman–Crippen LogP) is 3.60. The third-order valence-corrected chi connectivity index (χ3v) is 5.28. The van der Waals surface area contributed by atoms with E-state index >= 15 is 0 Å². The smallest absolute Gasteiger partial charge is 0.196 e. The number of ketones is 2. The molecule has 2 rings (SSSR count). The Labute approximate surface area is 166 Å². The molecule has 1 N–H and O–H groups in total. The molecule has 1 atom stereocenters. The Bertz CT molecular complexity index is 870. The Morgan fingerprint density at radius 3 is 2.32 bits per heavy atom. The number of ether oxygens (including phenoxy) is 2. The summed E-state index contributed by atoms with van der Waals surface area (Å²) in [4.78, 5) is 29.9. The van der Waals surface area contributed by atoms with Crippen LogP contribution < -0.4 is 9.47 Å². The first-order valence-corrected chi connectivity index (χ1v) is 9.36. The Kier molecular flexibility index (Phi) is 7.02. The van der Waals surface area contributed by atoms with Crippen molar-refractivity contribution in [1.29, 1.82) is 0 Å². The van der Waals surface area contributed by atoms with E-state index in [9.17, 15) is 9.59 Å². The van der Waals surface area contributed by atoms with Gasteiger partial charge in [0.2, 0.25) is 0 Å². The van der Waals surface area contributed by atoms with Crippen molar-refractivity contribution in [3.63, 3.8) is 0 Å². The highest BCUT2D eigenvalue weighted by atomic mass is 16.5. The summed E-state index contributed by atoms with van der Waals surface area (Å²) in [6, 6.07) is 5.53. The van der Waals surface area contributed by atoms with Crippen molar-refractivity contribution < 1.29 is 19.1 Å². The zero-order valence-corrected chi connectivity index (χ0v) is 17.8. The number of carbonyl (C=O) groups excluding carboxylic acids is 2. The number of rotatable bonds is 9. The summed E-state index contributed by atoms with van der Waals surface area (Å²) in [5.74, 6) is 1.35. The molecule has 0 saturated heterocycles. The lowest BCUT2D eigenvalue weighted by Crippen LogP contribution is -2.37. The van der Waals surface area contributed by atoms with E-state index in [-0.39, 0.29) is 17.6 Å². The van der Waals surface area contributed by atoms with Crippen LogP contribution in [0.1, 0.15) is 51.5 Å². The SMILES string of the molecule is COc1ccc(CCN(C)[C@H](C)C(=O)c2[nH]c(C)c(C(C)=O)c2C)cc1OC. The summed E-state index contributed by atoms with van der Waals surface area (Å²) < 4.78 is 10.6. The van der Waals surface area contributed by atoms with Gasteiger partial charge in [0.25, 0.3) is 0 Å². The summed E-state index contributed by atoms with van der Waals surface area (Å²) in [5.41, 5.74) is 3.72. The molecule has 152 valence electrons. The Hall–Kier alpha value is -2.60. The van der Waals surface area contributed by atoms with Gasteiger partial charge in [0.05, 0.1) is 26.0 Å². The molecule has 2 aromatic rings. The number of benzene rings is 1. The Morgan fingerprint density at radius 2 is 1.79 bits per heavy atom. The van der Waals surface area contributed by atoms with Gasteiger partial charge in [0.1, 0.15) is 0 Å². The predicted molar refractivity (Wildman–Crippen MR) is 110 cm³/mol. The Balaban J connectivity index is 2.09. The number of Topliss-reactive ketones (excluding diaryl/α,β-unsaturated/α-hetero) is 2. The van der Waals surface area contributed by atoms with E-state index < -0.39 is 0 Å². The molecule has 0 aliphatic carbocycles. The number of methoxy groups -OCH3 is 2. The molecule has 0 fully saturated rings. The number of aromatic nitrogens is 1. The third kappa shape index (κ3) is 4.44. The molecule has 0 aliphatic heterocycles. The lowest BCUT2D eigenvalue weighted by atomic mass is 10.0. The molecule has 0 spiro atoms. The normalized spacial score (nSPS) is 12.1. The van der Waals surface area contributed by atoms with Gasteiger partial charge in [-0.15, -0.1) is 0 Å². The zero-order chi connectivity index (χ0) is 21.0. The van der Waals surface area contributed by atoms with Gasteiger partial charge in [-0.2, -0.15) is 0 Å². The van der Waals surface area contributed by atoms with Crippen molar-refractivity contribution in [2.75, 3.05) is 27.8 Å². The largest absolute Gasteiger partial charge is 0.493 e. The van der Waals surface area contributed by atoms with Crippen LogP contribution in [0.25, 0.3) is 0 Å². The molecule has 0 aliphatic rings. The fourth-order valence-corrected chi connectivity index (χ4v) is 3.47. The van der Waals surface area contributed by atoms with Gasteiger partial charge in [-0.05, 0) is 64.4 Å². The number of hydrogen-bond acceptors (Lipinski definition) is 5. The van der Waals surface area contributed by atoms with Gasteiger partial charge >= 0.3 is 0 Å². The molecule has 0 saturated carbocycles. The first-order chi connectivity index (χ1) is 13.2. The van der Waals surface area contributed by atoms with Gasteiger partial charge in [0.15, 0.2) is 23.1 Å². The first kappa shape index (κ1) is 21.7. The lowest BCUT2D eigenvalue weighted by molar-refractivity contribution is 0.0864. The molecule has 1 aromatic carbocycles. The molecule has 0 bridgehead atoms. The minimum absolute atomic E-state index is 0.0112. The fourth-order valence-electron chi connectivity index (χ4n) is 3.47. The van der Waals surface area contributed by atoms with Gasteiger partial charge in [-0.25, -0.2) is 0 Å². The number of hydrogen-bond donors (Lipinski definition) is 1. The molecule has 6 nitrogen and oxygen atoms in total. The summed E-state index contributed by atoms with van der Waals surface area (Å²) in [7, 11) is 5.16. The van der Waals surface area contributed by atoms with Crippen LogP contribution in [0.15, 0.2) is 18.2 Å². The summed E-state index contributed by atoms with van der Waals surface area (Å²) >= 11 is 0. The third-order valence-electron chi connectivity index (χ3n) is 5.28. The van der Waals surface area contributed by atoms with Gasteiger partial charge < -0.3 is 14.5 Å². The molecule has 28 heavy (non-hydrogen) atoms. The van der Waals surface area contributed by atoms with Crippen LogP contribution in [0.2, 0.25) is 0 Å². The highest BCUT2D eigenvalue weighted by Gasteiger charge is 2.25. The fraction of sp³-hybridized carbons (Fsp3) is 0.455. The van der Waals surface area contributed by atoms with Crippen molar-refractivity contribution in [3.8, 4) is 11.5 Å². The lowest BCUT2D eigenvalue weighted by Gasteiger charge is -2.23. The van der Waals surface area contributed by atoms with Crippen LogP contribution in [0.3, 0.4) is 0 Å². The quantitative estimate of drug-likeness (QED) is 0.667. The number of H-pyrrole nitrogens is 1. The van der Waals surface area contributed by atoms with Crippen LogP contribution in [-0.2, 0) is 6.42 Å². The van der Waals surface area contributed by atoms with E-state index in [1.807, 2.05) is 50.9 Å². The number of nitrogens with one attached hydrogen (secondary N) is 1. The second-order valence-electron chi connectivity index (χ2n) is 7.14. The second kappa shape index (κ2) is 9.06. The maximum Gasteiger partial charge on any atom is 0.196 e. The minimum atomic E-state index is -0.309. The highest BCUT2D eigenvalue weighted by molar-refractivity contribution is 6.05. The van der Waals surface area contributed by atoms with Crippen molar-refractivity contribution in [1.82, 2.24) is 9.88 Å². The summed E-state index contributed by atoms with van der Waals surface area (Å²) in [6.45, 7) is 7.77. The standard InChI is InChI=1S/C22H30N2O4/c1-13-20(16(4)25)14(2)23-21(13)22(26)15(3)24(5)11-10-17-8-9-18(27-6)19(12-17)28-7/h8-9,12,15,23H,10-11H2,1-7H3/t15-/m1/s1. The molecular weight excluding hydrogens is 356 g/mol. The minimum Gasteiger partial charge on any atom is -0.493 e. The van der Waals surface area contributed by atoms with Crippen LogP contribution >= 0.6 is 0 Å². The number of nitrogens with zero attached hydrogens (tertiary/aromatic N) is 1. The number of carbonyl (C=O) groups is 2. The van der Waals surface area contributed by atoms with Gasteiger partial charge in [-0.3, -0.25) is 14.5 Å². The molecule has 1 aromatic heterocycles. The van der Waals surface area contributed by atoms with Crippen molar-refractivity contribution in [2.24, 2.45) is 0 Å². The topological polar surface area (TPSA) is 71.6 Å². The maximum atomic E-state index is 13.0. The van der Waals surface area contributed by atoms with E-state index in [4.69, 9.17) is 9.47 Å². The summed E-state index contributed by atoms with van der Waals surface area (Å²) in [5, 5.41) is 0. The maximum absolute atomic E-state index is 13.0. The molecule has 0 unspecified atom stereocenters. The number of aryl methyl sites for hydroxylation is 1.